The number of pyridine rings is 1. The molecule has 154 valence electrons. The first-order valence-electron chi connectivity index (χ1n) is 10.3. The molecule has 7 nitrogen and oxygen atoms in total. The summed E-state index contributed by atoms with van der Waals surface area (Å²) >= 11 is 0. The van der Waals surface area contributed by atoms with Crippen LogP contribution < -0.4 is 9.47 Å². The number of nitrogens with zero attached hydrogens (tertiary/aromatic N) is 4. The van der Waals surface area contributed by atoms with Gasteiger partial charge in [-0.05, 0) is 42.0 Å². The second-order valence-electron chi connectivity index (χ2n) is 7.72. The Bertz CT molecular complexity index is 1220. The molecule has 3 aromatic heterocycles. The van der Waals surface area contributed by atoms with Crippen molar-refractivity contribution in [3.8, 4) is 34.3 Å². The first-order chi connectivity index (χ1) is 15.3. The minimum atomic E-state index is 0.277. The zero-order valence-corrected chi connectivity index (χ0v) is 16.8. The largest absolute Gasteiger partial charge is 0.461 e. The lowest BCUT2D eigenvalue weighted by atomic mass is 10.1. The van der Waals surface area contributed by atoms with Gasteiger partial charge in [0.1, 0.15) is 0 Å². The highest BCUT2D eigenvalue weighted by Crippen LogP contribution is 2.35. The molecule has 6 rings (SSSR count). The van der Waals surface area contributed by atoms with Crippen LogP contribution in [-0.2, 0) is 19.5 Å². The predicted octanol–water partition coefficient (Wildman–Crippen LogP) is 4.09. The lowest BCUT2D eigenvalue weighted by Crippen LogP contribution is -2.31. The standard InChI is InChI=1S/C24H20N4O3/c1-2-22(29-9-1)24-26-12-18-14-28(8-7-20(18)27-24)13-16-3-5-19(25-11-16)17-4-6-21-23(10-17)31-15-30-21/h1-6,9-12H,7-8,13-15H2. The highest BCUT2D eigenvalue weighted by molar-refractivity contribution is 5.64. The summed E-state index contributed by atoms with van der Waals surface area (Å²) in [6.07, 6.45) is 6.42. The van der Waals surface area contributed by atoms with E-state index in [0.29, 0.717) is 11.6 Å². The van der Waals surface area contributed by atoms with Crippen molar-refractivity contribution in [3.05, 3.63) is 77.9 Å². The van der Waals surface area contributed by atoms with E-state index in [-0.39, 0.29) is 6.79 Å². The van der Waals surface area contributed by atoms with Crippen LogP contribution >= 0.6 is 0 Å². The summed E-state index contributed by atoms with van der Waals surface area (Å²) < 4.78 is 16.3. The average molecular weight is 412 g/mol. The third-order valence-electron chi connectivity index (χ3n) is 5.65. The lowest BCUT2D eigenvalue weighted by Gasteiger charge is -2.27. The molecule has 2 aliphatic heterocycles. The quantitative estimate of drug-likeness (QED) is 0.500. The molecular weight excluding hydrogens is 392 g/mol. The van der Waals surface area contributed by atoms with Gasteiger partial charge in [0, 0.05) is 49.6 Å². The van der Waals surface area contributed by atoms with Gasteiger partial charge in [-0.1, -0.05) is 6.07 Å². The minimum Gasteiger partial charge on any atom is -0.461 e. The van der Waals surface area contributed by atoms with Gasteiger partial charge in [-0.25, -0.2) is 9.97 Å². The lowest BCUT2D eigenvalue weighted by molar-refractivity contribution is 0.174. The summed E-state index contributed by atoms with van der Waals surface area (Å²) in [5.41, 5.74) is 5.40. The SMILES string of the molecule is c1coc(-c2ncc3c(n2)CCN(Cc2ccc(-c4ccc5c(c4)OCO5)nc2)C3)c1. The Morgan fingerprint density at radius 1 is 0.968 bits per heavy atom. The Labute approximate surface area is 179 Å². The fourth-order valence-electron chi connectivity index (χ4n) is 4.04. The van der Waals surface area contributed by atoms with E-state index in [0.717, 1.165) is 54.5 Å². The van der Waals surface area contributed by atoms with Crippen molar-refractivity contribution >= 4 is 0 Å². The Morgan fingerprint density at radius 3 is 2.81 bits per heavy atom. The smallest absolute Gasteiger partial charge is 0.231 e. The normalized spacial score (nSPS) is 15.1. The van der Waals surface area contributed by atoms with Crippen molar-refractivity contribution in [2.24, 2.45) is 0 Å². The molecule has 4 aromatic rings. The first kappa shape index (κ1) is 18.1. The van der Waals surface area contributed by atoms with Crippen molar-refractivity contribution in [2.75, 3.05) is 13.3 Å². The highest BCUT2D eigenvalue weighted by atomic mass is 16.7. The summed E-state index contributed by atoms with van der Waals surface area (Å²) in [6.45, 7) is 2.90. The monoisotopic (exact) mass is 412 g/mol. The Kier molecular flexibility index (Phi) is 4.39. The number of hydrogen-bond acceptors (Lipinski definition) is 7. The minimum absolute atomic E-state index is 0.277. The van der Waals surface area contributed by atoms with Gasteiger partial charge in [-0.2, -0.15) is 0 Å². The zero-order valence-electron chi connectivity index (χ0n) is 16.8. The number of benzene rings is 1. The molecule has 0 saturated heterocycles. The van der Waals surface area contributed by atoms with Gasteiger partial charge < -0.3 is 13.9 Å². The van der Waals surface area contributed by atoms with Gasteiger partial charge in [0.2, 0.25) is 6.79 Å². The van der Waals surface area contributed by atoms with Crippen molar-refractivity contribution < 1.29 is 13.9 Å². The molecule has 1 aromatic carbocycles. The number of hydrogen-bond donors (Lipinski definition) is 0. The molecule has 0 bridgehead atoms. The van der Waals surface area contributed by atoms with Crippen LogP contribution in [0.15, 0.2) is 65.5 Å². The van der Waals surface area contributed by atoms with E-state index in [1.807, 2.05) is 42.7 Å². The Balaban J connectivity index is 1.14. The number of furan rings is 1. The van der Waals surface area contributed by atoms with Gasteiger partial charge in [-0.15, -0.1) is 0 Å². The summed E-state index contributed by atoms with van der Waals surface area (Å²) in [6, 6.07) is 13.8. The fraction of sp³-hybridized carbons (Fsp3) is 0.208. The van der Waals surface area contributed by atoms with Gasteiger partial charge in [-0.3, -0.25) is 9.88 Å². The van der Waals surface area contributed by atoms with Crippen LogP contribution in [0.1, 0.15) is 16.8 Å². The van der Waals surface area contributed by atoms with Crippen LogP contribution in [0, 0.1) is 0 Å². The molecule has 5 heterocycles. The zero-order chi connectivity index (χ0) is 20.6. The molecule has 0 atom stereocenters. The molecule has 31 heavy (non-hydrogen) atoms. The van der Waals surface area contributed by atoms with Crippen molar-refractivity contribution in [2.45, 2.75) is 19.5 Å². The second-order valence-corrected chi connectivity index (χ2v) is 7.72. The molecular formula is C24H20N4O3. The van der Waals surface area contributed by atoms with E-state index in [2.05, 4.69) is 27.0 Å². The molecule has 2 aliphatic rings. The van der Waals surface area contributed by atoms with E-state index in [1.54, 1.807) is 6.26 Å². The van der Waals surface area contributed by atoms with Gasteiger partial charge in [0.05, 0.1) is 17.7 Å². The summed E-state index contributed by atoms with van der Waals surface area (Å²) in [4.78, 5) is 16.3. The molecule has 0 radical (unpaired) electrons. The van der Waals surface area contributed by atoms with Crippen molar-refractivity contribution in [3.63, 3.8) is 0 Å². The first-order valence-corrected chi connectivity index (χ1v) is 10.3. The van der Waals surface area contributed by atoms with E-state index in [1.165, 1.54) is 11.1 Å². The molecule has 0 aliphatic carbocycles. The van der Waals surface area contributed by atoms with Crippen LogP contribution in [0.25, 0.3) is 22.8 Å². The van der Waals surface area contributed by atoms with Crippen LogP contribution in [0.5, 0.6) is 11.5 Å². The average Bonchev–Trinajstić information content (AvgIpc) is 3.51. The number of rotatable bonds is 4. The maximum absolute atomic E-state index is 5.47. The summed E-state index contributed by atoms with van der Waals surface area (Å²) in [5, 5.41) is 0. The molecule has 7 heteroatoms. The van der Waals surface area contributed by atoms with Crippen molar-refractivity contribution in [1.29, 1.82) is 0 Å². The van der Waals surface area contributed by atoms with E-state index >= 15 is 0 Å². The van der Waals surface area contributed by atoms with E-state index in [9.17, 15) is 0 Å². The molecule has 0 spiro atoms. The molecule has 0 unspecified atom stereocenters. The second kappa shape index (κ2) is 7.52. The van der Waals surface area contributed by atoms with Gasteiger partial charge in [0.15, 0.2) is 23.1 Å². The van der Waals surface area contributed by atoms with Gasteiger partial charge in [0.25, 0.3) is 0 Å². The molecule has 0 N–H and O–H groups in total. The number of ether oxygens (including phenoxy) is 2. The Morgan fingerprint density at radius 2 is 1.94 bits per heavy atom. The topological polar surface area (TPSA) is 73.5 Å². The van der Waals surface area contributed by atoms with Crippen LogP contribution in [0.3, 0.4) is 0 Å². The predicted molar refractivity (Wildman–Crippen MR) is 113 cm³/mol. The third kappa shape index (κ3) is 3.53. The van der Waals surface area contributed by atoms with Crippen molar-refractivity contribution in [1.82, 2.24) is 19.9 Å². The van der Waals surface area contributed by atoms with E-state index in [4.69, 9.17) is 18.9 Å². The molecule has 0 saturated carbocycles. The summed E-state index contributed by atoms with van der Waals surface area (Å²) in [7, 11) is 0. The Hall–Kier alpha value is -3.71. The summed E-state index contributed by atoms with van der Waals surface area (Å²) in [5.74, 6) is 2.91. The van der Waals surface area contributed by atoms with E-state index < -0.39 is 0 Å². The maximum Gasteiger partial charge on any atom is 0.231 e. The van der Waals surface area contributed by atoms with Crippen LogP contribution in [0.2, 0.25) is 0 Å². The third-order valence-corrected chi connectivity index (χ3v) is 5.65. The number of aromatic nitrogens is 3. The number of fused-ring (bicyclic) bond motifs is 2. The maximum atomic E-state index is 5.47. The molecule has 0 fully saturated rings. The van der Waals surface area contributed by atoms with Crippen LogP contribution in [0.4, 0.5) is 0 Å². The molecule has 0 amide bonds. The van der Waals surface area contributed by atoms with Crippen LogP contribution in [-0.4, -0.2) is 33.2 Å². The fourth-order valence-corrected chi connectivity index (χ4v) is 4.04. The highest BCUT2D eigenvalue weighted by Gasteiger charge is 2.20. The van der Waals surface area contributed by atoms with Gasteiger partial charge >= 0.3 is 0 Å².